The predicted octanol–water partition coefficient (Wildman–Crippen LogP) is 2.57. The summed E-state index contributed by atoms with van der Waals surface area (Å²) in [6.07, 6.45) is 5.03. The Kier molecular flexibility index (Phi) is 5.54. The number of nitrogens with zero attached hydrogens (tertiary/aromatic N) is 3. The maximum absolute atomic E-state index is 9.65. The van der Waals surface area contributed by atoms with Crippen LogP contribution in [0.2, 0.25) is 0 Å². The summed E-state index contributed by atoms with van der Waals surface area (Å²) in [5, 5.41) is 13.7. The average Bonchev–Trinajstić information content (AvgIpc) is 2.93. The molecule has 0 spiro atoms. The second-order valence-electron chi connectivity index (χ2n) is 5.94. The van der Waals surface area contributed by atoms with Crippen LogP contribution in [-0.2, 0) is 6.42 Å². The molecule has 0 bridgehead atoms. The fraction of sp³-hybridized carbons (Fsp3) is 0.867. The number of piperidine rings is 1. The van der Waals surface area contributed by atoms with Gasteiger partial charge in [-0.25, -0.2) is 0 Å². The van der Waals surface area contributed by atoms with Gasteiger partial charge < -0.3 is 9.63 Å². The van der Waals surface area contributed by atoms with E-state index in [1.165, 1.54) is 0 Å². The van der Waals surface area contributed by atoms with Crippen molar-refractivity contribution < 1.29 is 9.63 Å². The summed E-state index contributed by atoms with van der Waals surface area (Å²) in [5.41, 5.74) is 0. The van der Waals surface area contributed by atoms with Gasteiger partial charge in [0, 0.05) is 6.42 Å². The Morgan fingerprint density at radius 3 is 2.65 bits per heavy atom. The Bertz CT molecular complexity index is 398. The van der Waals surface area contributed by atoms with E-state index in [0.29, 0.717) is 5.92 Å². The van der Waals surface area contributed by atoms with Crippen molar-refractivity contribution in [2.75, 3.05) is 13.1 Å². The van der Waals surface area contributed by atoms with E-state index < -0.39 is 0 Å². The molecule has 1 aliphatic heterocycles. The molecule has 114 valence electrons. The normalized spacial score (nSPS) is 21.0. The van der Waals surface area contributed by atoms with Crippen LogP contribution in [0.1, 0.15) is 64.2 Å². The van der Waals surface area contributed by atoms with Crippen LogP contribution < -0.4 is 0 Å². The maximum Gasteiger partial charge on any atom is 0.243 e. The highest BCUT2D eigenvalue weighted by atomic mass is 16.5. The van der Waals surface area contributed by atoms with Gasteiger partial charge in [-0.1, -0.05) is 18.5 Å². The second-order valence-corrected chi connectivity index (χ2v) is 5.94. The molecule has 0 aromatic carbocycles. The zero-order valence-electron chi connectivity index (χ0n) is 12.9. The number of hydrogen-bond acceptors (Lipinski definition) is 5. The van der Waals surface area contributed by atoms with Crippen LogP contribution in [0.5, 0.6) is 0 Å². The van der Waals surface area contributed by atoms with Crippen LogP contribution in [0, 0.1) is 5.92 Å². The first-order chi connectivity index (χ1) is 9.61. The largest absolute Gasteiger partial charge is 0.393 e. The predicted molar refractivity (Wildman–Crippen MR) is 77.3 cm³/mol. The standard InChI is InChI=1S/C15H27N3O2/c1-4-5-6-14-16-15(20-17-14)11(2)18-9-7-13(8-10-18)12(3)19/h11-13,19H,4-10H2,1-3H3. The van der Waals surface area contributed by atoms with Gasteiger partial charge in [0.25, 0.3) is 0 Å². The second kappa shape index (κ2) is 7.18. The molecule has 1 aliphatic rings. The molecular formula is C15H27N3O2. The third kappa shape index (κ3) is 3.79. The van der Waals surface area contributed by atoms with Gasteiger partial charge in [-0.2, -0.15) is 4.98 Å². The van der Waals surface area contributed by atoms with Gasteiger partial charge in [0.05, 0.1) is 12.1 Å². The number of aliphatic hydroxyl groups excluding tert-OH is 1. The van der Waals surface area contributed by atoms with Crippen molar-refractivity contribution >= 4 is 0 Å². The van der Waals surface area contributed by atoms with E-state index in [2.05, 4.69) is 28.9 Å². The molecule has 0 aliphatic carbocycles. The third-order valence-corrected chi connectivity index (χ3v) is 4.40. The number of likely N-dealkylation sites (tertiary alicyclic amines) is 1. The zero-order valence-corrected chi connectivity index (χ0v) is 12.9. The Hall–Kier alpha value is -0.940. The molecule has 0 saturated carbocycles. The summed E-state index contributed by atoms with van der Waals surface area (Å²) in [4.78, 5) is 6.88. The quantitative estimate of drug-likeness (QED) is 0.868. The van der Waals surface area contributed by atoms with Crippen LogP contribution in [0.4, 0.5) is 0 Å². The Morgan fingerprint density at radius 1 is 1.35 bits per heavy atom. The smallest absolute Gasteiger partial charge is 0.243 e. The third-order valence-electron chi connectivity index (χ3n) is 4.40. The average molecular weight is 281 g/mol. The number of unbranched alkanes of at least 4 members (excludes halogenated alkanes) is 1. The molecule has 1 aromatic rings. The molecule has 2 atom stereocenters. The van der Waals surface area contributed by atoms with E-state index in [1.54, 1.807) is 0 Å². The van der Waals surface area contributed by atoms with Crippen molar-refractivity contribution in [1.82, 2.24) is 15.0 Å². The highest BCUT2D eigenvalue weighted by molar-refractivity contribution is 4.93. The van der Waals surface area contributed by atoms with E-state index in [1.807, 2.05) is 6.92 Å². The highest BCUT2D eigenvalue weighted by Gasteiger charge is 2.28. The molecule has 2 rings (SSSR count). The molecule has 1 saturated heterocycles. The van der Waals surface area contributed by atoms with Crippen molar-refractivity contribution in [1.29, 1.82) is 0 Å². The number of aryl methyl sites for hydroxylation is 1. The maximum atomic E-state index is 9.65. The van der Waals surface area contributed by atoms with Gasteiger partial charge in [-0.05, 0) is 52.1 Å². The van der Waals surface area contributed by atoms with Gasteiger partial charge in [0.2, 0.25) is 5.89 Å². The van der Waals surface area contributed by atoms with Gasteiger partial charge in [-0.15, -0.1) is 0 Å². The zero-order chi connectivity index (χ0) is 14.5. The first-order valence-corrected chi connectivity index (χ1v) is 7.86. The van der Waals surface area contributed by atoms with Gasteiger partial charge in [0.1, 0.15) is 0 Å². The monoisotopic (exact) mass is 281 g/mol. The molecule has 0 radical (unpaired) electrons. The van der Waals surface area contributed by atoms with Crippen molar-refractivity contribution in [2.45, 2.75) is 65.0 Å². The summed E-state index contributed by atoms with van der Waals surface area (Å²) in [6.45, 7) is 8.16. The molecule has 1 aromatic heterocycles. The number of aromatic nitrogens is 2. The van der Waals surface area contributed by atoms with Crippen molar-refractivity contribution in [3.05, 3.63) is 11.7 Å². The van der Waals surface area contributed by atoms with Crippen molar-refractivity contribution in [3.63, 3.8) is 0 Å². The lowest BCUT2D eigenvalue weighted by atomic mass is 9.91. The van der Waals surface area contributed by atoms with Crippen LogP contribution >= 0.6 is 0 Å². The summed E-state index contributed by atoms with van der Waals surface area (Å²) < 4.78 is 5.40. The Morgan fingerprint density at radius 2 is 2.05 bits per heavy atom. The lowest BCUT2D eigenvalue weighted by molar-refractivity contribution is 0.0524. The Labute approximate surface area is 121 Å². The van der Waals surface area contributed by atoms with Crippen molar-refractivity contribution in [2.24, 2.45) is 5.92 Å². The van der Waals surface area contributed by atoms with Crippen LogP contribution in [0.25, 0.3) is 0 Å². The van der Waals surface area contributed by atoms with E-state index in [9.17, 15) is 5.11 Å². The molecule has 5 heteroatoms. The van der Waals surface area contributed by atoms with E-state index in [4.69, 9.17) is 4.52 Å². The highest BCUT2D eigenvalue weighted by Crippen LogP contribution is 2.27. The van der Waals surface area contributed by atoms with Crippen LogP contribution in [-0.4, -0.2) is 39.3 Å². The Balaban J connectivity index is 1.88. The number of aliphatic hydroxyl groups is 1. The number of hydrogen-bond donors (Lipinski definition) is 1. The van der Waals surface area contributed by atoms with Gasteiger partial charge >= 0.3 is 0 Å². The molecule has 1 N–H and O–H groups in total. The minimum atomic E-state index is -0.198. The molecule has 5 nitrogen and oxygen atoms in total. The minimum Gasteiger partial charge on any atom is -0.393 e. The van der Waals surface area contributed by atoms with E-state index in [0.717, 1.165) is 56.9 Å². The first-order valence-electron chi connectivity index (χ1n) is 7.86. The summed E-state index contributed by atoms with van der Waals surface area (Å²) in [6, 6.07) is 0.174. The molecule has 0 amide bonds. The molecule has 2 unspecified atom stereocenters. The van der Waals surface area contributed by atoms with E-state index >= 15 is 0 Å². The lowest BCUT2D eigenvalue weighted by Crippen LogP contribution is -2.38. The summed E-state index contributed by atoms with van der Waals surface area (Å²) in [5.74, 6) is 1.99. The molecule has 1 fully saturated rings. The van der Waals surface area contributed by atoms with E-state index in [-0.39, 0.29) is 12.1 Å². The van der Waals surface area contributed by atoms with Gasteiger partial charge in [-0.3, -0.25) is 4.90 Å². The topological polar surface area (TPSA) is 62.4 Å². The summed E-state index contributed by atoms with van der Waals surface area (Å²) in [7, 11) is 0. The fourth-order valence-corrected chi connectivity index (χ4v) is 2.82. The SMILES string of the molecule is CCCCc1noc(C(C)N2CCC(C(C)O)CC2)n1. The fourth-order valence-electron chi connectivity index (χ4n) is 2.82. The molecule has 2 heterocycles. The molecule has 20 heavy (non-hydrogen) atoms. The number of rotatable bonds is 6. The lowest BCUT2D eigenvalue weighted by Gasteiger charge is -2.35. The molecular weight excluding hydrogens is 254 g/mol. The summed E-state index contributed by atoms with van der Waals surface area (Å²) >= 11 is 0. The van der Waals surface area contributed by atoms with Crippen LogP contribution in [0.15, 0.2) is 4.52 Å². The van der Waals surface area contributed by atoms with Gasteiger partial charge in [0.15, 0.2) is 5.82 Å². The van der Waals surface area contributed by atoms with Crippen LogP contribution in [0.3, 0.4) is 0 Å². The van der Waals surface area contributed by atoms with Crippen molar-refractivity contribution in [3.8, 4) is 0 Å². The first kappa shape index (κ1) is 15.4. The minimum absolute atomic E-state index is 0.174.